The maximum absolute atomic E-state index is 5.63. The van der Waals surface area contributed by atoms with E-state index in [1.807, 2.05) is 6.26 Å². The Kier molecular flexibility index (Phi) is 2.55. The van der Waals surface area contributed by atoms with E-state index in [9.17, 15) is 0 Å². The van der Waals surface area contributed by atoms with E-state index in [4.69, 9.17) is 4.42 Å². The Morgan fingerprint density at radius 1 is 1.38 bits per heavy atom. The van der Waals surface area contributed by atoms with Crippen LogP contribution in [-0.4, -0.2) is 6.54 Å². The second-order valence-electron chi connectivity index (χ2n) is 5.41. The minimum Gasteiger partial charge on any atom is -0.469 e. The summed E-state index contributed by atoms with van der Waals surface area (Å²) in [5.74, 6) is 1.96. The van der Waals surface area contributed by atoms with Crippen LogP contribution in [0.2, 0.25) is 0 Å². The van der Waals surface area contributed by atoms with E-state index in [0.29, 0.717) is 0 Å². The highest BCUT2D eigenvalue weighted by atomic mass is 16.3. The lowest BCUT2D eigenvalue weighted by Crippen LogP contribution is -2.50. The molecule has 0 bridgehead atoms. The largest absolute Gasteiger partial charge is 0.469 e. The Bertz CT molecular complexity index is 371. The van der Waals surface area contributed by atoms with Gasteiger partial charge in [-0.1, -0.05) is 26.2 Å². The number of rotatable bonds is 0. The van der Waals surface area contributed by atoms with Crippen molar-refractivity contribution in [2.75, 3.05) is 6.54 Å². The van der Waals surface area contributed by atoms with E-state index in [1.54, 1.807) is 0 Å². The first-order valence-electron chi connectivity index (χ1n) is 6.65. The first-order chi connectivity index (χ1) is 7.83. The lowest BCUT2D eigenvalue weighted by molar-refractivity contribution is 0.190. The summed E-state index contributed by atoms with van der Waals surface area (Å²) in [4.78, 5) is 0. The Morgan fingerprint density at radius 3 is 3.25 bits per heavy atom. The van der Waals surface area contributed by atoms with Crippen LogP contribution in [0.4, 0.5) is 0 Å². The molecule has 1 N–H and O–H groups in total. The van der Waals surface area contributed by atoms with E-state index in [1.165, 1.54) is 43.4 Å². The molecule has 1 aromatic rings. The Hall–Kier alpha value is -0.760. The zero-order valence-electron chi connectivity index (χ0n) is 10.1. The first kappa shape index (κ1) is 10.4. The summed E-state index contributed by atoms with van der Waals surface area (Å²) in [6.45, 7) is 3.48. The van der Waals surface area contributed by atoms with Gasteiger partial charge in [-0.05, 0) is 24.8 Å². The molecule has 88 valence electrons. The van der Waals surface area contributed by atoms with Crippen LogP contribution in [0.5, 0.6) is 0 Å². The molecule has 1 aromatic heterocycles. The third kappa shape index (κ3) is 1.43. The number of fused-ring (bicyclic) bond motifs is 2. The Balaban J connectivity index is 2.03. The molecule has 16 heavy (non-hydrogen) atoms. The number of nitrogens with one attached hydrogen (secondary N) is 1. The van der Waals surface area contributed by atoms with Gasteiger partial charge in [0.2, 0.25) is 0 Å². The van der Waals surface area contributed by atoms with Crippen LogP contribution in [-0.2, 0) is 12.0 Å². The monoisotopic (exact) mass is 219 g/mol. The van der Waals surface area contributed by atoms with Crippen LogP contribution < -0.4 is 5.32 Å². The predicted molar refractivity (Wildman–Crippen MR) is 64.3 cm³/mol. The molecule has 2 aliphatic rings. The molecule has 1 saturated carbocycles. The van der Waals surface area contributed by atoms with Crippen LogP contribution in [0, 0.1) is 5.92 Å². The lowest BCUT2D eigenvalue weighted by Gasteiger charge is -2.42. The molecular weight excluding hydrogens is 198 g/mol. The minimum absolute atomic E-state index is 0.219. The van der Waals surface area contributed by atoms with Crippen LogP contribution in [0.15, 0.2) is 16.7 Å². The van der Waals surface area contributed by atoms with Crippen molar-refractivity contribution in [3.05, 3.63) is 23.7 Å². The average molecular weight is 219 g/mol. The lowest BCUT2D eigenvalue weighted by atomic mass is 9.73. The van der Waals surface area contributed by atoms with E-state index in [2.05, 4.69) is 18.3 Å². The van der Waals surface area contributed by atoms with Gasteiger partial charge in [-0.2, -0.15) is 0 Å². The molecule has 0 aromatic carbocycles. The zero-order chi connectivity index (χ0) is 11.0. The second kappa shape index (κ2) is 3.92. The summed E-state index contributed by atoms with van der Waals surface area (Å²) in [5, 5.41) is 3.81. The average Bonchev–Trinajstić information content (AvgIpc) is 2.70. The Morgan fingerprint density at radius 2 is 2.31 bits per heavy atom. The minimum atomic E-state index is 0.219. The second-order valence-corrected chi connectivity index (χ2v) is 5.41. The normalized spacial score (nSPS) is 34.7. The standard InChI is InChI=1S/C14H21NO/c1-11-5-3-2-4-8-14(11)12-7-10-16-13(12)6-9-15-14/h7,10-11,15H,2-6,8-9H2,1H3. The Labute approximate surface area is 97.4 Å². The fourth-order valence-corrected chi connectivity index (χ4v) is 3.61. The third-order valence-corrected chi connectivity index (χ3v) is 4.57. The van der Waals surface area contributed by atoms with Gasteiger partial charge in [0.15, 0.2) is 0 Å². The van der Waals surface area contributed by atoms with Gasteiger partial charge in [-0.3, -0.25) is 0 Å². The zero-order valence-corrected chi connectivity index (χ0v) is 10.1. The molecule has 1 aliphatic heterocycles. The topological polar surface area (TPSA) is 25.2 Å². The molecule has 0 radical (unpaired) electrons. The van der Waals surface area contributed by atoms with Crippen molar-refractivity contribution in [2.45, 2.75) is 51.0 Å². The van der Waals surface area contributed by atoms with E-state index in [0.717, 1.165) is 18.9 Å². The number of hydrogen-bond acceptors (Lipinski definition) is 2. The molecule has 2 heteroatoms. The van der Waals surface area contributed by atoms with Crippen molar-refractivity contribution in [1.29, 1.82) is 0 Å². The molecular formula is C14H21NO. The van der Waals surface area contributed by atoms with Gasteiger partial charge < -0.3 is 9.73 Å². The molecule has 2 atom stereocenters. The number of furan rings is 1. The maximum atomic E-state index is 5.63. The van der Waals surface area contributed by atoms with Crippen LogP contribution in [0.1, 0.15) is 50.4 Å². The predicted octanol–water partition coefficient (Wildman–Crippen LogP) is 3.22. The number of hydrogen-bond donors (Lipinski definition) is 1. The van der Waals surface area contributed by atoms with Gasteiger partial charge in [0.1, 0.15) is 5.76 Å². The van der Waals surface area contributed by atoms with Crippen molar-refractivity contribution in [1.82, 2.24) is 5.32 Å². The molecule has 3 rings (SSSR count). The van der Waals surface area contributed by atoms with Gasteiger partial charge in [-0.15, -0.1) is 0 Å². The highest BCUT2D eigenvalue weighted by Crippen LogP contribution is 2.43. The molecule has 1 spiro atoms. The molecule has 1 aliphatic carbocycles. The summed E-state index contributed by atoms with van der Waals surface area (Å²) < 4.78 is 5.63. The smallest absolute Gasteiger partial charge is 0.110 e. The fourth-order valence-electron chi connectivity index (χ4n) is 3.61. The van der Waals surface area contributed by atoms with Crippen LogP contribution >= 0.6 is 0 Å². The van der Waals surface area contributed by atoms with Crippen molar-refractivity contribution in [3.8, 4) is 0 Å². The summed E-state index contributed by atoms with van der Waals surface area (Å²) in [7, 11) is 0. The van der Waals surface area contributed by atoms with Gasteiger partial charge in [-0.25, -0.2) is 0 Å². The quantitative estimate of drug-likeness (QED) is 0.724. The molecule has 0 saturated heterocycles. The van der Waals surface area contributed by atoms with Crippen LogP contribution in [0.3, 0.4) is 0 Å². The summed E-state index contributed by atoms with van der Waals surface area (Å²) in [5.41, 5.74) is 1.67. The van der Waals surface area contributed by atoms with E-state index < -0.39 is 0 Å². The van der Waals surface area contributed by atoms with Gasteiger partial charge in [0.25, 0.3) is 0 Å². The maximum Gasteiger partial charge on any atom is 0.110 e. The van der Waals surface area contributed by atoms with Gasteiger partial charge in [0, 0.05) is 24.1 Å². The van der Waals surface area contributed by atoms with Crippen molar-refractivity contribution >= 4 is 0 Å². The summed E-state index contributed by atoms with van der Waals surface area (Å²) in [6, 6.07) is 2.20. The summed E-state index contributed by atoms with van der Waals surface area (Å²) >= 11 is 0. The highest BCUT2D eigenvalue weighted by molar-refractivity contribution is 5.31. The highest BCUT2D eigenvalue weighted by Gasteiger charge is 2.42. The molecule has 2 unspecified atom stereocenters. The van der Waals surface area contributed by atoms with Crippen molar-refractivity contribution < 1.29 is 4.42 Å². The fraction of sp³-hybridized carbons (Fsp3) is 0.714. The van der Waals surface area contributed by atoms with E-state index in [-0.39, 0.29) is 5.54 Å². The van der Waals surface area contributed by atoms with Crippen molar-refractivity contribution in [2.24, 2.45) is 5.92 Å². The molecule has 1 fully saturated rings. The van der Waals surface area contributed by atoms with Gasteiger partial charge >= 0.3 is 0 Å². The SMILES string of the molecule is CC1CCCCCC12NCCc1occc12. The third-order valence-electron chi connectivity index (χ3n) is 4.57. The van der Waals surface area contributed by atoms with E-state index >= 15 is 0 Å². The van der Waals surface area contributed by atoms with Crippen molar-refractivity contribution in [3.63, 3.8) is 0 Å². The molecule has 0 amide bonds. The molecule has 2 nitrogen and oxygen atoms in total. The van der Waals surface area contributed by atoms with Gasteiger partial charge in [0.05, 0.1) is 6.26 Å². The van der Waals surface area contributed by atoms with Crippen LogP contribution in [0.25, 0.3) is 0 Å². The first-order valence-corrected chi connectivity index (χ1v) is 6.65. The summed E-state index contributed by atoms with van der Waals surface area (Å²) in [6.07, 6.45) is 9.67. The molecule has 2 heterocycles.